The zero-order valence-corrected chi connectivity index (χ0v) is 4.57. The maximum absolute atomic E-state index is 11.1. The molecule has 0 rings (SSSR count). The average molecular weight is 143 g/mol. The first kappa shape index (κ1) is 8.71. The SMILES string of the molecule is [CH2]OCCOC(F)(F)F. The lowest BCUT2D eigenvalue weighted by Gasteiger charge is -2.04. The maximum Gasteiger partial charge on any atom is 0.522 e. The van der Waals surface area contributed by atoms with Crippen LogP contribution in [-0.4, -0.2) is 19.6 Å². The van der Waals surface area contributed by atoms with Crippen LogP contribution in [0.25, 0.3) is 0 Å². The average Bonchev–Trinajstić information content (AvgIpc) is 1.63. The predicted octanol–water partition coefficient (Wildman–Crippen LogP) is 1.33. The van der Waals surface area contributed by atoms with Crippen molar-refractivity contribution in [2.24, 2.45) is 0 Å². The molecule has 0 unspecified atom stereocenters. The van der Waals surface area contributed by atoms with Gasteiger partial charge < -0.3 is 4.74 Å². The summed E-state index contributed by atoms with van der Waals surface area (Å²) < 4.78 is 40.6. The molecule has 1 radical (unpaired) electrons. The van der Waals surface area contributed by atoms with Crippen molar-refractivity contribution >= 4 is 0 Å². The van der Waals surface area contributed by atoms with Crippen molar-refractivity contribution in [3.8, 4) is 0 Å². The minimum Gasteiger partial charge on any atom is -0.377 e. The first-order valence-electron chi connectivity index (χ1n) is 2.14. The summed E-state index contributed by atoms with van der Waals surface area (Å²) in [6.45, 7) is -0.660. The fourth-order valence-electron chi connectivity index (χ4n) is 0.216. The van der Waals surface area contributed by atoms with Crippen molar-refractivity contribution in [2.45, 2.75) is 6.36 Å². The summed E-state index contributed by atoms with van der Waals surface area (Å²) in [6, 6.07) is 0. The Kier molecular flexibility index (Phi) is 3.56. The van der Waals surface area contributed by atoms with E-state index in [1.165, 1.54) is 0 Å². The normalized spacial score (nSPS) is 12.0. The second-order valence-corrected chi connectivity index (χ2v) is 1.20. The van der Waals surface area contributed by atoms with Gasteiger partial charge in [0.05, 0.1) is 20.3 Å². The first-order chi connectivity index (χ1) is 4.06. The molecule has 55 valence electrons. The molecule has 0 spiro atoms. The summed E-state index contributed by atoms with van der Waals surface area (Å²) in [5.41, 5.74) is 0. The maximum atomic E-state index is 11.1. The van der Waals surface area contributed by atoms with Crippen LogP contribution in [0.4, 0.5) is 13.2 Å². The Balaban J connectivity index is 3.07. The second-order valence-electron chi connectivity index (χ2n) is 1.20. The van der Waals surface area contributed by atoms with Gasteiger partial charge in [-0.3, -0.25) is 4.74 Å². The second kappa shape index (κ2) is 3.68. The van der Waals surface area contributed by atoms with Gasteiger partial charge in [-0.25, -0.2) is 0 Å². The van der Waals surface area contributed by atoms with E-state index in [0.29, 0.717) is 0 Å². The summed E-state index contributed by atoms with van der Waals surface area (Å²) in [6.07, 6.45) is -4.56. The van der Waals surface area contributed by atoms with Gasteiger partial charge in [-0.1, -0.05) is 0 Å². The van der Waals surface area contributed by atoms with Crippen LogP contribution < -0.4 is 0 Å². The van der Waals surface area contributed by atoms with E-state index in [4.69, 9.17) is 0 Å². The lowest BCUT2D eigenvalue weighted by atomic mass is 10.8. The van der Waals surface area contributed by atoms with Gasteiger partial charge in [0.15, 0.2) is 0 Å². The topological polar surface area (TPSA) is 18.5 Å². The van der Waals surface area contributed by atoms with Gasteiger partial charge in [-0.2, -0.15) is 0 Å². The van der Waals surface area contributed by atoms with Crippen LogP contribution in [0.5, 0.6) is 0 Å². The van der Waals surface area contributed by atoms with Crippen molar-refractivity contribution in [2.75, 3.05) is 13.2 Å². The van der Waals surface area contributed by atoms with Crippen LogP contribution in [0.3, 0.4) is 0 Å². The van der Waals surface area contributed by atoms with Crippen LogP contribution >= 0.6 is 0 Å². The molecule has 0 heterocycles. The largest absolute Gasteiger partial charge is 0.522 e. The molecule has 2 nitrogen and oxygen atoms in total. The highest BCUT2D eigenvalue weighted by Gasteiger charge is 2.28. The van der Waals surface area contributed by atoms with Gasteiger partial charge >= 0.3 is 6.36 Å². The number of ether oxygens (including phenoxy) is 2. The molecule has 0 fully saturated rings. The highest BCUT2D eigenvalue weighted by Crippen LogP contribution is 2.15. The van der Waals surface area contributed by atoms with Crippen LogP contribution in [0.2, 0.25) is 0 Å². The quantitative estimate of drug-likeness (QED) is 0.555. The van der Waals surface area contributed by atoms with Crippen molar-refractivity contribution < 1.29 is 22.6 Å². The zero-order chi connectivity index (χ0) is 7.33. The summed E-state index contributed by atoms with van der Waals surface area (Å²) in [7, 11) is 2.86. The summed E-state index contributed by atoms with van der Waals surface area (Å²) in [4.78, 5) is 0. The van der Waals surface area contributed by atoms with E-state index >= 15 is 0 Å². The smallest absolute Gasteiger partial charge is 0.377 e. The molecule has 0 saturated carbocycles. The minimum atomic E-state index is -4.56. The monoisotopic (exact) mass is 143 g/mol. The molecular formula is C4H6F3O2. The number of halogens is 3. The Morgan fingerprint density at radius 1 is 1.22 bits per heavy atom. The molecule has 0 saturated heterocycles. The molecular weight excluding hydrogens is 137 g/mol. The van der Waals surface area contributed by atoms with E-state index in [1.54, 1.807) is 0 Å². The highest BCUT2D eigenvalue weighted by molar-refractivity contribution is 4.30. The Hall–Kier alpha value is -0.290. The highest BCUT2D eigenvalue weighted by atomic mass is 19.4. The fraction of sp³-hybridized carbons (Fsp3) is 0.750. The molecule has 0 N–H and O–H groups in total. The predicted molar refractivity (Wildman–Crippen MR) is 23.3 cm³/mol. The molecule has 0 aromatic carbocycles. The standard InChI is InChI=1S/C4H6F3O2/c1-8-2-3-9-4(5,6)7/h1-3H2. The van der Waals surface area contributed by atoms with E-state index in [0.717, 1.165) is 0 Å². The number of alkyl halides is 3. The van der Waals surface area contributed by atoms with Crippen LogP contribution in [-0.2, 0) is 9.47 Å². The van der Waals surface area contributed by atoms with Gasteiger partial charge in [-0.15, -0.1) is 13.2 Å². The third kappa shape index (κ3) is 7.71. The van der Waals surface area contributed by atoms with Gasteiger partial charge in [0.25, 0.3) is 0 Å². The van der Waals surface area contributed by atoms with Crippen LogP contribution in [0, 0.1) is 7.11 Å². The number of rotatable bonds is 3. The molecule has 0 aliphatic rings. The Morgan fingerprint density at radius 2 is 1.78 bits per heavy atom. The third-order valence-corrected chi connectivity index (χ3v) is 0.493. The number of hydrogen-bond donors (Lipinski definition) is 0. The van der Waals surface area contributed by atoms with Gasteiger partial charge in [0, 0.05) is 0 Å². The van der Waals surface area contributed by atoms with Crippen LogP contribution in [0.1, 0.15) is 0 Å². The van der Waals surface area contributed by atoms with Gasteiger partial charge in [0.1, 0.15) is 0 Å². The van der Waals surface area contributed by atoms with E-state index in [1.807, 2.05) is 0 Å². The summed E-state index contributed by atoms with van der Waals surface area (Å²) >= 11 is 0. The summed E-state index contributed by atoms with van der Waals surface area (Å²) in [5.74, 6) is 0. The van der Waals surface area contributed by atoms with Gasteiger partial charge in [0.2, 0.25) is 0 Å². The van der Waals surface area contributed by atoms with Crippen molar-refractivity contribution in [3.05, 3.63) is 7.11 Å². The molecule has 0 aliphatic heterocycles. The van der Waals surface area contributed by atoms with Gasteiger partial charge in [-0.05, 0) is 0 Å². The molecule has 0 aromatic heterocycles. The molecule has 0 atom stereocenters. The lowest BCUT2D eigenvalue weighted by Crippen LogP contribution is -2.16. The zero-order valence-electron chi connectivity index (χ0n) is 4.57. The Bertz CT molecular complexity index is 70.7. The molecule has 0 aliphatic carbocycles. The molecule has 0 aromatic rings. The van der Waals surface area contributed by atoms with Crippen molar-refractivity contribution in [1.29, 1.82) is 0 Å². The third-order valence-electron chi connectivity index (χ3n) is 0.493. The van der Waals surface area contributed by atoms with E-state index in [2.05, 4.69) is 16.6 Å². The molecule has 5 heteroatoms. The van der Waals surface area contributed by atoms with E-state index in [9.17, 15) is 13.2 Å². The Labute approximate surface area is 50.6 Å². The van der Waals surface area contributed by atoms with Crippen molar-refractivity contribution in [3.63, 3.8) is 0 Å². The number of hydrogen-bond acceptors (Lipinski definition) is 2. The molecule has 0 bridgehead atoms. The van der Waals surface area contributed by atoms with Crippen molar-refractivity contribution in [1.82, 2.24) is 0 Å². The summed E-state index contributed by atoms with van der Waals surface area (Å²) in [5, 5.41) is 0. The molecule has 9 heavy (non-hydrogen) atoms. The Morgan fingerprint density at radius 3 is 2.11 bits per heavy atom. The molecule has 0 amide bonds. The first-order valence-corrected chi connectivity index (χ1v) is 2.14. The van der Waals surface area contributed by atoms with E-state index < -0.39 is 13.0 Å². The van der Waals surface area contributed by atoms with Crippen LogP contribution in [0.15, 0.2) is 0 Å². The fourth-order valence-corrected chi connectivity index (χ4v) is 0.216. The minimum absolute atomic E-state index is 0.153. The lowest BCUT2D eigenvalue weighted by molar-refractivity contribution is -0.326. The van der Waals surface area contributed by atoms with E-state index in [-0.39, 0.29) is 6.61 Å².